The molecule has 3 aliphatic rings. The molecular formula is C20H24ClN3O3. The van der Waals surface area contributed by atoms with Gasteiger partial charge in [-0.1, -0.05) is 25.4 Å². The minimum atomic E-state index is -1.27. The van der Waals surface area contributed by atoms with Crippen LogP contribution in [0.3, 0.4) is 0 Å². The molecule has 0 aromatic heterocycles. The van der Waals surface area contributed by atoms with Gasteiger partial charge in [-0.3, -0.25) is 24.6 Å². The summed E-state index contributed by atoms with van der Waals surface area (Å²) in [7, 11) is 0. The monoisotopic (exact) mass is 389 g/mol. The van der Waals surface area contributed by atoms with Crippen molar-refractivity contribution in [1.82, 2.24) is 10.2 Å². The smallest absolute Gasteiger partial charge is 0.250 e. The highest BCUT2D eigenvalue weighted by Gasteiger charge is 2.71. The molecule has 0 saturated carbocycles. The number of benzene rings is 1. The van der Waals surface area contributed by atoms with Crippen molar-refractivity contribution in [3.05, 3.63) is 28.8 Å². The normalized spacial score (nSPS) is 32.5. The second kappa shape index (κ2) is 5.55. The third kappa shape index (κ3) is 2.26. The maximum absolute atomic E-state index is 13.5. The van der Waals surface area contributed by atoms with Gasteiger partial charge in [0.05, 0.1) is 11.8 Å². The quantitative estimate of drug-likeness (QED) is 0.723. The molecule has 3 amide bonds. The number of halogens is 1. The zero-order valence-electron chi connectivity index (χ0n) is 16.1. The van der Waals surface area contributed by atoms with E-state index in [4.69, 9.17) is 11.6 Å². The van der Waals surface area contributed by atoms with Gasteiger partial charge in [0.2, 0.25) is 17.7 Å². The Kier molecular flexibility index (Phi) is 3.79. The minimum Gasteiger partial charge on any atom is -0.324 e. The van der Waals surface area contributed by atoms with E-state index in [0.717, 1.165) is 0 Å². The van der Waals surface area contributed by atoms with Crippen molar-refractivity contribution in [2.75, 3.05) is 5.32 Å². The molecule has 1 aromatic rings. The third-order valence-corrected chi connectivity index (χ3v) is 6.24. The maximum atomic E-state index is 13.5. The zero-order valence-corrected chi connectivity index (χ0v) is 16.8. The van der Waals surface area contributed by atoms with Crippen LogP contribution in [0.2, 0.25) is 5.02 Å². The molecule has 4 atom stereocenters. The lowest BCUT2D eigenvalue weighted by atomic mass is 9.76. The third-order valence-electron chi connectivity index (χ3n) is 6.00. The standard InChI is InChI=1S/C20H24ClN3O3/c1-9(2)15-13-14(17(26)24(16(13)25)19(3,4)5)20(23-15)11-8-10(21)6-7-12(11)22-18(20)27/h6-9,13-15,23H,1-5H3,(H,22,27)/t13-,14-,15+,20-/m0/s1. The number of anilines is 1. The number of fused-ring (bicyclic) bond motifs is 4. The van der Waals surface area contributed by atoms with Gasteiger partial charge < -0.3 is 5.32 Å². The summed E-state index contributed by atoms with van der Waals surface area (Å²) in [5.74, 6) is -2.08. The van der Waals surface area contributed by atoms with E-state index in [1.807, 2.05) is 34.6 Å². The molecule has 1 spiro atoms. The number of hydrogen-bond acceptors (Lipinski definition) is 4. The van der Waals surface area contributed by atoms with Crippen LogP contribution in [-0.4, -0.2) is 34.2 Å². The van der Waals surface area contributed by atoms with Gasteiger partial charge in [0.1, 0.15) is 5.54 Å². The van der Waals surface area contributed by atoms with Crippen LogP contribution in [0, 0.1) is 17.8 Å². The number of carbonyl (C=O) groups is 3. The molecule has 27 heavy (non-hydrogen) atoms. The van der Waals surface area contributed by atoms with Crippen LogP contribution in [0.25, 0.3) is 0 Å². The minimum absolute atomic E-state index is 0.0737. The summed E-state index contributed by atoms with van der Waals surface area (Å²) in [5, 5.41) is 6.76. The van der Waals surface area contributed by atoms with E-state index in [9.17, 15) is 14.4 Å². The molecule has 144 valence electrons. The number of nitrogens with one attached hydrogen (secondary N) is 2. The van der Waals surface area contributed by atoms with Gasteiger partial charge in [-0.25, -0.2) is 0 Å². The van der Waals surface area contributed by atoms with Crippen molar-refractivity contribution < 1.29 is 14.4 Å². The maximum Gasteiger partial charge on any atom is 0.250 e. The molecule has 2 saturated heterocycles. The summed E-state index contributed by atoms with van der Waals surface area (Å²) >= 11 is 6.21. The van der Waals surface area contributed by atoms with E-state index in [2.05, 4.69) is 10.6 Å². The van der Waals surface area contributed by atoms with E-state index in [1.54, 1.807) is 18.2 Å². The van der Waals surface area contributed by atoms with Gasteiger partial charge in [-0.2, -0.15) is 0 Å². The van der Waals surface area contributed by atoms with Crippen LogP contribution in [0.4, 0.5) is 5.69 Å². The van der Waals surface area contributed by atoms with Gasteiger partial charge in [-0.15, -0.1) is 0 Å². The topological polar surface area (TPSA) is 78.5 Å². The fourth-order valence-corrected chi connectivity index (χ4v) is 5.11. The first kappa shape index (κ1) is 18.4. The number of likely N-dealkylation sites (tertiary alicyclic amines) is 1. The van der Waals surface area contributed by atoms with Crippen molar-refractivity contribution in [3.8, 4) is 0 Å². The van der Waals surface area contributed by atoms with Crippen molar-refractivity contribution in [1.29, 1.82) is 0 Å². The molecule has 7 heteroatoms. The van der Waals surface area contributed by atoms with Crippen molar-refractivity contribution in [3.63, 3.8) is 0 Å². The number of imide groups is 1. The van der Waals surface area contributed by atoms with Crippen LogP contribution in [0.1, 0.15) is 40.2 Å². The summed E-state index contributed by atoms with van der Waals surface area (Å²) in [6.45, 7) is 9.52. The number of nitrogens with zero attached hydrogens (tertiary/aromatic N) is 1. The van der Waals surface area contributed by atoms with Gasteiger partial charge in [0, 0.05) is 27.9 Å². The number of carbonyl (C=O) groups excluding carboxylic acids is 3. The summed E-state index contributed by atoms with van der Waals surface area (Å²) in [4.78, 5) is 41.3. The molecule has 3 aliphatic heterocycles. The second-order valence-electron chi connectivity index (χ2n) is 9.05. The highest BCUT2D eigenvalue weighted by Crippen LogP contribution is 2.55. The lowest BCUT2D eigenvalue weighted by Gasteiger charge is -2.35. The predicted octanol–water partition coefficient (Wildman–Crippen LogP) is 2.51. The largest absolute Gasteiger partial charge is 0.324 e. The number of rotatable bonds is 1. The summed E-state index contributed by atoms with van der Waals surface area (Å²) in [6, 6.07) is 4.88. The molecule has 0 bridgehead atoms. The summed E-state index contributed by atoms with van der Waals surface area (Å²) in [6.07, 6.45) is 0. The molecule has 1 aromatic carbocycles. The Hall–Kier alpha value is -1.92. The molecule has 4 rings (SSSR count). The summed E-state index contributed by atoms with van der Waals surface area (Å²) < 4.78 is 0. The van der Waals surface area contributed by atoms with E-state index in [-0.39, 0.29) is 29.7 Å². The Labute approximate surface area is 163 Å². The van der Waals surface area contributed by atoms with Crippen LogP contribution in [-0.2, 0) is 19.9 Å². The first-order chi connectivity index (χ1) is 12.5. The van der Waals surface area contributed by atoms with Crippen LogP contribution in [0.5, 0.6) is 0 Å². The average molecular weight is 390 g/mol. The molecule has 0 radical (unpaired) electrons. The second-order valence-corrected chi connectivity index (χ2v) is 9.49. The Bertz CT molecular complexity index is 876. The molecule has 3 heterocycles. The molecule has 2 N–H and O–H groups in total. The van der Waals surface area contributed by atoms with E-state index < -0.39 is 22.9 Å². The molecule has 0 unspecified atom stereocenters. The molecule has 6 nitrogen and oxygen atoms in total. The van der Waals surface area contributed by atoms with Crippen LogP contribution in [0.15, 0.2) is 18.2 Å². The Morgan fingerprint density at radius 1 is 1.15 bits per heavy atom. The van der Waals surface area contributed by atoms with Crippen LogP contribution < -0.4 is 10.6 Å². The van der Waals surface area contributed by atoms with E-state index >= 15 is 0 Å². The lowest BCUT2D eigenvalue weighted by molar-refractivity contribution is -0.148. The Morgan fingerprint density at radius 3 is 2.41 bits per heavy atom. The number of hydrogen-bond donors (Lipinski definition) is 2. The van der Waals surface area contributed by atoms with E-state index in [1.165, 1.54) is 4.90 Å². The SMILES string of the molecule is CC(C)[C@H]1N[C@]2(C(=O)Nc3ccc(Cl)cc32)[C@@H]2C(=O)N(C(C)(C)C)C(=O)[C@H]12. The van der Waals surface area contributed by atoms with Crippen molar-refractivity contribution in [2.24, 2.45) is 17.8 Å². The first-order valence-corrected chi connectivity index (χ1v) is 9.65. The van der Waals surface area contributed by atoms with E-state index in [0.29, 0.717) is 16.3 Å². The predicted molar refractivity (Wildman–Crippen MR) is 102 cm³/mol. The zero-order chi connectivity index (χ0) is 19.9. The van der Waals surface area contributed by atoms with Gasteiger partial charge in [-0.05, 0) is 44.9 Å². The molecule has 2 fully saturated rings. The summed E-state index contributed by atoms with van der Waals surface area (Å²) in [5.41, 5.74) is -0.635. The highest BCUT2D eigenvalue weighted by atomic mass is 35.5. The Balaban J connectivity index is 1.95. The van der Waals surface area contributed by atoms with Gasteiger partial charge in [0.25, 0.3) is 0 Å². The fourth-order valence-electron chi connectivity index (χ4n) is 4.94. The average Bonchev–Trinajstić information content (AvgIpc) is 3.13. The fraction of sp³-hybridized carbons (Fsp3) is 0.550. The lowest BCUT2D eigenvalue weighted by Crippen LogP contribution is -2.56. The van der Waals surface area contributed by atoms with Crippen molar-refractivity contribution in [2.45, 2.75) is 51.7 Å². The first-order valence-electron chi connectivity index (χ1n) is 9.27. The Morgan fingerprint density at radius 2 is 1.81 bits per heavy atom. The van der Waals surface area contributed by atoms with Gasteiger partial charge >= 0.3 is 0 Å². The van der Waals surface area contributed by atoms with Crippen LogP contribution >= 0.6 is 11.6 Å². The molecule has 0 aliphatic carbocycles. The van der Waals surface area contributed by atoms with Gasteiger partial charge in [0.15, 0.2) is 0 Å². The molecular weight excluding hydrogens is 366 g/mol. The van der Waals surface area contributed by atoms with Crippen molar-refractivity contribution >= 4 is 35.0 Å². The number of amides is 3. The highest BCUT2D eigenvalue weighted by molar-refractivity contribution is 6.31.